The first kappa shape index (κ1) is 32.2. The van der Waals surface area contributed by atoms with Gasteiger partial charge in [-0.25, -0.2) is 9.97 Å². The summed E-state index contributed by atoms with van der Waals surface area (Å²) >= 11 is 2.04. The van der Waals surface area contributed by atoms with Crippen LogP contribution < -0.4 is 0 Å². The van der Waals surface area contributed by atoms with Gasteiger partial charge in [0.05, 0.1) is 16.9 Å². The molecule has 53 heavy (non-hydrogen) atoms. The van der Waals surface area contributed by atoms with Crippen molar-refractivity contribution in [2.75, 3.05) is 0 Å². The van der Waals surface area contributed by atoms with Gasteiger partial charge in [-0.1, -0.05) is 141 Å². The smallest absolute Gasteiger partial charge is 0.160 e. The lowest BCUT2D eigenvalue weighted by Gasteiger charge is -2.29. The molecular weight excluding hydrogens is 663 g/mol. The molecule has 0 N–H and O–H groups in total. The lowest BCUT2D eigenvalue weighted by Crippen LogP contribution is -2.22. The van der Waals surface area contributed by atoms with Crippen LogP contribution in [0.2, 0.25) is 0 Å². The molecule has 2 aromatic heterocycles. The number of allylic oxidation sites excluding steroid dienone is 8. The number of rotatable bonds is 5. The summed E-state index contributed by atoms with van der Waals surface area (Å²) in [5, 5.41) is 1.29. The summed E-state index contributed by atoms with van der Waals surface area (Å²) < 4.78 is 2.56. The van der Waals surface area contributed by atoms with E-state index in [1.807, 2.05) is 11.8 Å². The highest BCUT2D eigenvalue weighted by Crippen LogP contribution is 2.59. The van der Waals surface area contributed by atoms with Crippen LogP contribution in [0.3, 0.4) is 0 Å². The molecule has 0 saturated heterocycles. The molecule has 0 saturated carbocycles. The van der Waals surface area contributed by atoms with E-state index in [0.29, 0.717) is 5.92 Å². The Hall–Kier alpha value is -5.45. The van der Waals surface area contributed by atoms with Crippen molar-refractivity contribution in [3.8, 4) is 28.3 Å². The molecule has 0 fully saturated rings. The minimum atomic E-state index is -0.195. The number of thioether (sulfide) groups is 1. The molecule has 3 nitrogen and oxygen atoms in total. The van der Waals surface area contributed by atoms with Gasteiger partial charge < -0.3 is 4.57 Å². The zero-order valence-corrected chi connectivity index (χ0v) is 31.1. The van der Waals surface area contributed by atoms with Crippen LogP contribution in [0.5, 0.6) is 0 Å². The molecular formula is C49H41N3S. The normalized spacial score (nSPS) is 25.1. The third-order valence-electron chi connectivity index (χ3n) is 12.0. The zero-order chi connectivity index (χ0) is 35.7. The second-order valence-corrected chi connectivity index (χ2v) is 16.9. The molecule has 3 heterocycles. The third-order valence-corrected chi connectivity index (χ3v) is 13.5. The first-order valence-electron chi connectivity index (χ1n) is 18.8. The van der Waals surface area contributed by atoms with Gasteiger partial charge in [0.2, 0.25) is 0 Å². The van der Waals surface area contributed by atoms with Crippen molar-refractivity contribution in [3.63, 3.8) is 0 Å². The van der Waals surface area contributed by atoms with Crippen LogP contribution in [0.15, 0.2) is 163 Å². The average molecular weight is 704 g/mol. The van der Waals surface area contributed by atoms with Gasteiger partial charge >= 0.3 is 0 Å². The fourth-order valence-electron chi connectivity index (χ4n) is 9.04. The molecule has 3 aliphatic carbocycles. The quantitative estimate of drug-likeness (QED) is 0.179. The van der Waals surface area contributed by atoms with E-state index in [9.17, 15) is 0 Å². The number of fused-ring (bicyclic) bond motifs is 6. The van der Waals surface area contributed by atoms with Crippen LogP contribution >= 0.6 is 11.8 Å². The van der Waals surface area contributed by atoms with E-state index in [4.69, 9.17) is 9.97 Å². The van der Waals surface area contributed by atoms with E-state index in [2.05, 4.69) is 189 Å². The Morgan fingerprint density at radius 3 is 2.36 bits per heavy atom. The Morgan fingerprint density at radius 1 is 0.736 bits per heavy atom. The molecule has 4 heteroatoms. The number of aromatic nitrogens is 3. The summed E-state index contributed by atoms with van der Waals surface area (Å²) in [5.41, 5.74) is 11.9. The predicted molar refractivity (Wildman–Crippen MR) is 222 cm³/mol. The van der Waals surface area contributed by atoms with Gasteiger partial charge in [0.1, 0.15) is 0 Å². The highest BCUT2D eigenvalue weighted by atomic mass is 32.2. The lowest BCUT2D eigenvalue weighted by molar-refractivity contribution is 0.578. The van der Waals surface area contributed by atoms with E-state index >= 15 is 0 Å². The van der Waals surface area contributed by atoms with E-state index in [1.54, 1.807) is 0 Å². The molecule has 0 spiro atoms. The second-order valence-electron chi connectivity index (χ2n) is 15.4. The first-order chi connectivity index (χ1) is 25.9. The average Bonchev–Trinajstić information content (AvgIpc) is 3.71. The van der Waals surface area contributed by atoms with Crippen molar-refractivity contribution in [1.29, 1.82) is 0 Å². The summed E-state index contributed by atoms with van der Waals surface area (Å²) in [6, 6.07) is 37.4. The zero-order valence-electron chi connectivity index (χ0n) is 30.3. The topological polar surface area (TPSA) is 30.7 Å². The molecule has 4 aromatic carbocycles. The molecule has 0 bridgehead atoms. The highest BCUT2D eigenvalue weighted by Gasteiger charge is 2.43. The maximum absolute atomic E-state index is 5.23. The predicted octanol–water partition coefficient (Wildman–Crippen LogP) is 12.5. The number of para-hydroxylation sites is 1. The number of nitrogens with zero attached hydrogens (tertiary/aromatic N) is 3. The number of hydrogen-bond donors (Lipinski definition) is 0. The maximum atomic E-state index is 5.23. The molecule has 4 aliphatic rings. The SMILES string of the molecule is CC1c2c(c3ccccc3n2-c2ccc(-c3nc(-c4ccccc4)cc(C4(C)C=CC=CC4)n3)cc2)C=CC1c1cccc2c1SC1(C)C=CC=CC21. The Balaban J connectivity index is 1.06. The largest absolute Gasteiger partial charge is 0.313 e. The first-order valence-corrected chi connectivity index (χ1v) is 19.6. The molecule has 0 radical (unpaired) electrons. The molecule has 0 amide bonds. The maximum Gasteiger partial charge on any atom is 0.160 e. The molecule has 10 rings (SSSR count). The molecule has 5 atom stereocenters. The van der Waals surface area contributed by atoms with E-state index in [-0.39, 0.29) is 22.0 Å². The lowest BCUT2D eigenvalue weighted by atomic mass is 9.77. The molecule has 5 unspecified atom stereocenters. The summed E-state index contributed by atoms with van der Waals surface area (Å²) in [6.45, 7) is 7.08. The highest BCUT2D eigenvalue weighted by molar-refractivity contribution is 8.01. The Bertz CT molecular complexity index is 2570. The van der Waals surface area contributed by atoms with Gasteiger partial charge in [-0.05, 0) is 60.9 Å². The van der Waals surface area contributed by atoms with Gasteiger partial charge in [-0.2, -0.15) is 0 Å². The van der Waals surface area contributed by atoms with Gasteiger partial charge in [0.15, 0.2) is 5.82 Å². The van der Waals surface area contributed by atoms with Crippen LogP contribution in [0.4, 0.5) is 0 Å². The number of hydrogen-bond acceptors (Lipinski definition) is 3. The van der Waals surface area contributed by atoms with Crippen molar-refractivity contribution < 1.29 is 0 Å². The molecule has 258 valence electrons. The van der Waals surface area contributed by atoms with Crippen molar-refractivity contribution in [2.24, 2.45) is 0 Å². The minimum absolute atomic E-state index is 0.0591. The summed E-state index contributed by atoms with van der Waals surface area (Å²) in [6.07, 6.45) is 23.7. The van der Waals surface area contributed by atoms with Crippen LogP contribution in [0.25, 0.3) is 45.3 Å². The Labute approximate surface area is 316 Å². The van der Waals surface area contributed by atoms with Crippen LogP contribution in [0.1, 0.15) is 73.0 Å². The standard InChI is InChI=1S/C49H41N3S/c1-32-36(39-18-14-19-40-41-20-10-13-30-49(41,3)53-46(39)40)26-27-38-37-17-8-9-21-43(37)52(45(32)38)35-24-22-34(23-25-35)47-50-42(33-15-6-4-7-16-33)31-44(51-47)48(2)28-11-5-12-29-48/h4-28,30-32,36,41H,29H2,1-3H3. The fourth-order valence-corrected chi connectivity index (χ4v) is 10.6. The van der Waals surface area contributed by atoms with E-state index < -0.39 is 0 Å². The summed E-state index contributed by atoms with van der Waals surface area (Å²) in [5.74, 6) is 1.69. The van der Waals surface area contributed by atoms with Crippen molar-refractivity contribution >= 4 is 28.7 Å². The van der Waals surface area contributed by atoms with Crippen molar-refractivity contribution in [2.45, 2.75) is 60.0 Å². The molecule has 1 aliphatic heterocycles. The number of benzene rings is 4. The van der Waals surface area contributed by atoms with Crippen LogP contribution in [-0.4, -0.2) is 19.3 Å². The van der Waals surface area contributed by atoms with Crippen LogP contribution in [0, 0.1) is 0 Å². The van der Waals surface area contributed by atoms with Crippen molar-refractivity contribution in [1.82, 2.24) is 14.5 Å². The molecule has 6 aromatic rings. The summed E-state index contributed by atoms with van der Waals surface area (Å²) in [7, 11) is 0. The fraction of sp³-hybridized carbons (Fsp3) is 0.184. The Kier molecular flexibility index (Phi) is 7.49. The van der Waals surface area contributed by atoms with Gasteiger partial charge in [-0.3, -0.25) is 0 Å². The minimum Gasteiger partial charge on any atom is -0.313 e. The van der Waals surface area contributed by atoms with Gasteiger partial charge in [0, 0.05) is 66.3 Å². The van der Waals surface area contributed by atoms with Gasteiger partial charge in [-0.15, -0.1) is 11.8 Å². The van der Waals surface area contributed by atoms with E-state index in [0.717, 1.165) is 40.4 Å². The Morgan fingerprint density at radius 2 is 1.53 bits per heavy atom. The van der Waals surface area contributed by atoms with Gasteiger partial charge in [0.25, 0.3) is 0 Å². The third kappa shape index (κ3) is 5.18. The van der Waals surface area contributed by atoms with E-state index in [1.165, 1.54) is 38.2 Å². The van der Waals surface area contributed by atoms with Crippen molar-refractivity contribution in [3.05, 3.63) is 186 Å². The van der Waals surface area contributed by atoms with Crippen LogP contribution in [-0.2, 0) is 5.41 Å². The second kappa shape index (κ2) is 12.3. The monoisotopic (exact) mass is 703 g/mol. The summed E-state index contributed by atoms with van der Waals surface area (Å²) in [4.78, 5) is 11.8.